The van der Waals surface area contributed by atoms with Gasteiger partial charge in [-0.05, 0) is 35.8 Å². The molecule has 0 aromatic carbocycles. The van der Waals surface area contributed by atoms with Gasteiger partial charge >= 0.3 is 0 Å². The van der Waals surface area contributed by atoms with Gasteiger partial charge < -0.3 is 5.32 Å². The maximum Gasteiger partial charge on any atom is 0.0766 e. The molecule has 0 radical (unpaired) electrons. The van der Waals surface area contributed by atoms with E-state index in [0.29, 0.717) is 6.04 Å². The lowest BCUT2D eigenvalue weighted by molar-refractivity contribution is 0.540. The van der Waals surface area contributed by atoms with Crippen molar-refractivity contribution in [3.63, 3.8) is 0 Å². The number of likely N-dealkylation sites (N-methyl/N-ethyl adjacent to an activating group) is 1. The smallest absolute Gasteiger partial charge is 0.0766 e. The Morgan fingerprint density at radius 1 is 1.62 bits per heavy atom. The molecule has 0 saturated heterocycles. The minimum atomic E-state index is 0.425. The normalized spacial score (nSPS) is 12.8. The van der Waals surface area contributed by atoms with Crippen molar-refractivity contribution in [1.29, 1.82) is 0 Å². The molecular weight excluding hydrogens is 266 g/mol. The van der Waals surface area contributed by atoms with E-state index >= 15 is 0 Å². The predicted molar refractivity (Wildman–Crippen MR) is 71.7 cm³/mol. The molecule has 0 aliphatic rings. The highest BCUT2D eigenvalue weighted by atomic mass is 79.9. The first-order chi connectivity index (χ1) is 7.63. The number of nitrogens with one attached hydrogen (secondary N) is 1. The summed E-state index contributed by atoms with van der Waals surface area (Å²) in [5.41, 5.74) is 2.38. The molecule has 1 atom stereocenters. The summed E-state index contributed by atoms with van der Waals surface area (Å²) in [5.74, 6) is 0. The zero-order chi connectivity index (χ0) is 12.1. The fourth-order valence-electron chi connectivity index (χ4n) is 1.78. The van der Waals surface area contributed by atoms with Crippen LogP contribution in [0.5, 0.6) is 0 Å². The van der Waals surface area contributed by atoms with Crippen LogP contribution in [-0.4, -0.2) is 22.9 Å². The van der Waals surface area contributed by atoms with E-state index in [9.17, 15) is 0 Å². The number of hydrogen-bond donors (Lipinski definition) is 1. The maximum absolute atomic E-state index is 4.49. The van der Waals surface area contributed by atoms with E-state index < -0.39 is 0 Å². The average molecular weight is 286 g/mol. The van der Waals surface area contributed by atoms with Gasteiger partial charge in [-0.15, -0.1) is 6.58 Å². The third-order valence-electron chi connectivity index (χ3n) is 2.80. The summed E-state index contributed by atoms with van der Waals surface area (Å²) in [4.78, 5) is 0. The zero-order valence-corrected chi connectivity index (χ0v) is 11.8. The maximum atomic E-state index is 4.49. The lowest BCUT2D eigenvalue weighted by Crippen LogP contribution is -2.27. The molecule has 0 fully saturated rings. The molecule has 1 N–H and O–H groups in total. The largest absolute Gasteiger partial charge is 0.316 e. The molecule has 0 bridgehead atoms. The number of aromatic nitrogens is 2. The quantitative estimate of drug-likeness (QED) is 0.814. The standard InChI is InChI=1S/C12H20BrN3/c1-5-7-9(14-3)8-11-12(13)10(6-2)15-16(11)4/h5,9,14H,1,6-8H2,2-4H3. The number of nitrogens with zero attached hydrogens (tertiary/aromatic N) is 2. The average Bonchev–Trinajstić information content (AvgIpc) is 2.55. The van der Waals surface area contributed by atoms with Crippen LogP contribution in [0.2, 0.25) is 0 Å². The van der Waals surface area contributed by atoms with E-state index in [1.807, 2.05) is 24.9 Å². The van der Waals surface area contributed by atoms with Crippen LogP contribution in [0.4, 0.5) is 0 Å². The minimum Gasteiger partial charge on any atom is -0.316 e. The summed E-state index contributed by atoms with van der Waals surface area (Å²) >= 11 is 3.63. The fraction of sp³-hybridized carbons (Fsp3) is 0.583. The Morgan fingerprint density at radius 2 is 2.31 bits per heavy atom. The van der Waals surface area contributed by atoms with Crippen LogP contribution < -0.4 is 5.32 Å². The van der Waals surface area contributed by atoms with Crippen molar-refractivity contribution >= 4 is 15.9 Å². The molecule has 1 rings (SSSR count). The highest BCUT2D eigenvalue weighted by Gasteiger charge is 2.15. The predicted octanol–water partition coefficient (Wildman–Crippen LogP) is 2.45. The third kappa shape index (κ3) is 2.95. The first kappa shape index (κ1) is 13.5. The van der Waals surface area contributed by atoms with E-state index in [-0.39, 0.29) is 0 Å². The summed E-state index contributed by atoms with van der Waals surface area (Å²) in [6.45, 7) is 5.90. The lowest BCUT2D eigenvalue weighted by atomic mass is 10.1. The van der Waals surface area contributed by atoms with E-state index in [0.717, 1.165) is 29.4 Å². The highest BCUT2D eigenvalue weighted by molar-refractivity contribution is 9.10. The molecule has 1 heterocycles. The molecule has 0 aliphatic heterocycles. The Bertz CT molecular complexity index is 357. The minimum absolute atomic E-state index is 0.425. The second-order valence-electron chi connectivity index (χ2n) is 3.90. The van der Waals surface area contributed by atoms with Gasteiger partial charge in [0.25, 0.3) is 0 Å². The summed E-state index contributed by atoms with van der Waals surface area (Å²) in [5, 5.41) is 7.79. The number of halogens is 1. The number of rotatable bonds is 6. The Labute approximate surface area is 106 Å². The molecule has 0 spiro atoms. The monoisotopic (exact) mass is 285 g/mol. The number of aryl methyl sites for hydroxylation is 2. The van der Waals surface area contributed by atoms with Crippen molar-refractivity contribution in [3.05, 3.63) is 28.5 Å². The summed E-state index contributed by atoms with van der Waals surface area (Å²) in [6.07, 6.45) is 4.84. The lowest BCUT2D eigenvalue weighted by Gasteiger charge is -2.14. The Balaban J connectivity index is 2.86. The molecule has 1 aromatic heterocycles. The highest BCUT2D eigenvalue weighted by Crippen LogP contribution is 2.23. The van der Waals surface area contributed by atoms with Crippen LogP contribution in [0.15, 0.2) is 17.1 Å². The second kappa shape index (κ2) is 6.21. The van der Waals surface area contributed by atoms with Gasteiger partial charge in [-0.1, -0.05) is 13.0 Å². The molecular formula is C12H20BrN3. The van der Waals surface area contributed by atoms with Gasteiger partial charge in [0.05, 0.1) is 15.9 Å². The molecule has 0 saturated carbocycles. The SMILES string of the molecule is C=CCC(Cc1c(Br)c(CC)nn1C)NC. The topological polar surface area (TPSA) is 29.9 Å². The third-order valence-corrected chi connectivity index (χ3v) is 3.72. The van der Waals surface area contributed by atoms with Gasteiger partial charge in [0.1, 0.15) is 0 Å². The fourth-order valence-corrected chi connectivity index (χ4v) is 2.56. The summed E-state index contributed by atoms with van der Waals surface area (Å²) < 4.78 is 3.12. The molecule has 90 valence electrons. The Morgan fingerprint density at radius 3 is 2.75 bits per heavy atom. The second-order valence-corrected chi connectivity index (χ2v) is 4.69. The van der Waals surface area contributed by atoms with Crippen molar-refractivity contribution in [2.24, 2.45) is 7.05 Å². The van der Waals surface area contributed by atoms with Crippen LogP contribution in [-0.2, 0) is 19.9 Å². The molecule has 0 aliphatic carbocycles. The van der Waals surface area contributed by atoms with Crippen LogP contribution in [0.25, 0.3) is 0 Å². The number of hydrogen-bond acceptors (Lipinski definition) is 2. The van der Waals surface area contributed by atoms with Crippen LogP contribution in [0, 0.1) is 0 Å². The van der Waals surface area contributed by atoms with Gasteiger partial charge in [-0.2, -0.15) is 5.10 Å². The summed E-state index contributed by atoms with van der Waals surface area (Å²) in [6, 6.07) is 0.425. The first-order valence-corrected chi connectivity index (χ1v) is 6.41. The van der Waals surface area contributed by atoms with E-state index in [1.165, 1.54) is 5.69 Å². The van der Waals surface area contributed by atoms with Crippen LogP contribution in [0.1, 0.15) is 24.7 Å². The first-order valence-electron chi connectivity index (χ1n) is 5.62. The molecule has 16 heavy (non-hydrogen) atoms. The molecule has 0 amide bonds. The van der Waals surface area contributed by atoms with Gasteiger partial charge in [0.15, 0.2) is 0 Å². The van der Waals surface area contributed by atoms with Crippen molar-refractivity contribution in [1.82, 2.24) is 15.1 Å². The molecule has 4 heteroatoms. The van der Waals surface area contributed by atoms with E-state index in [2.05, 4.69) is 39.8 Å². The molecule has 1 aromatic rings. The summed E-state index contributed by atoms with van der Waals surface area (Å²) in [7, 11) is 3.99. The van der Waals surface area contributed by atoms with Crippen molar-refractivity contribution in [2.75, 3.05) is 7.05 Å². The van der Waals surface area contributed by atoms with E-state index in [4.69, 9.17) is 0 Å². The van der Waals surface area contributed by atoms with Crippen LogP contribution >= 0.6 is 15.9 Å². The van der Waals surface area contributed by atoms with Crippen molar-refractivity contribution in [2.45, 2.75) is 32.2 Å². The molecule has 1 unspecified atom stereocenters. The van der Waals surface area contributed by atoms with Gasteiger partial charge in [-0.3, -0.25) is 4.68 Å². The van der Waals surface area contributed by atoms with Gasteiger partial charge in [-0.25, -0.2) is 0 Å². The van der Waals surface area contributed by atoms with Gasteiger partial charge in [0.2, 0.25) is 0 Å². The van der Waals surface area contributed by atoms with Crippen molar-refractivity contribution < 1.29 is 0 Å². The zero-order valence-electron chi connectivity index (χ0n) is 10.3. The Hall–Kier alpha value is -0.610. The molecule has 3 nitrogen and oxygen atoms in total. The van der Waals surface area contributed by atoms with E-state index in [1.54, 1.807) is 0 Å². The van der Waals surface area contributed by atoms with Crippen LogP contribution in [0.3, 0.4) is 0 Å². The van der Waals surface area contributed by atoms with Crippen molar-refractivity contribution in [3.8, 4) is 0 Å². The Kier molecular flexibility index (Phi) is 5.22. The van der Waals surface area contributed by atoms with Gasteiger partial charge in [0, 0.05) is 19.5 Å².